The first-order chi connectivity index (χ1) is 9.83. The molecule has 1 aromatic carbocycles. The Morgan fingerprint density at radius 1 is 1.30 bits per heavy atom. The molecule has 1 fully saturated rings. The first kappa shape index (κ1) is 13.2. The Labute approximate surface area is 116 Å². The molecule has 0 spiro atoms. The molecule has 0 bridgehead atoms. The number of aromatic nitrogens is 2. The third-order valence-corrected chi connectivity index (χ3v) is 3.31. The minimum absolute atomic E-state index is 0.222. The van der Waals surface area contributed by atoms with Gasteiger partial charge in [0.05, 0.1) is 11.7 Å². The van der Waals surface area contributed by atoms with E-state index in [9.17, 15) is 4.39 Å². The average Bonchev–Trinajstić information content (AvgIpc) is 2.95. The normalized spacial score (nSPS) is 16.4. The summed E-state index contributed by atoms with van der Waals surface area (Å²) in [6.45, 7) is 2.20. The van der Waals surface area contributed by atoms with Crippen LogP contribution in [0.1, 0.15) is 18.7 Å². The van der Waals surface area contributed by atoms with E-state index in [0.717, 1.165) is 25.9 Å². The summed E-state index contributed by atoms with van der Waals surface area (Å²) in [4.78, 5) is 4.17. The molecule has 20 heavy (non-hydrogen) atoms. The summed E-state index contributed by atoms with van der Waals surface area (Å²) in [6, 6.07) is 6.36. The van der Waals surface area contributed by atoms with Gasteiger partial charge in [0.15, 0.2) is 0 Å². The van der Waals surface area contributed by atoms with E-state index in [1.165, 1.54) is 6.07 Å². The monoisotopic (exact) mass is 277 g/mol. The van der Waals surface area contributed by atoms with Crippen molar-refractivity contribution >= 4 is 0 Å². The zero-order valence-electron chi connectivity index (χ0n) is 11.0. The van der Waals surface area contributed by atoms with Gasteiger partial charge in [-0.2, -0.15) is 4.98 Å². The van der Waals surface area contributed by atoms with Gasteiger partial charge in [0.1, 0.15) is 12.4 Å². The zero-order chi connectivity index (χ0) is 13.8. The summed E-state index contributed by atoms with van der Waals surface area (Å²) in [6.07, 6.45) is 2.18. The Morgan fingerprint density at radius 2 is 2.10 bits per heavy atom. The number of halogens is 1. The number of nitrogens with one attached hydrogen (secondary N) is 1. The summed E-state index contributed by atoms with van der Waals surface area (Å²) in [5, 5.41) is 7.06. The highest BCUT2D eigenvalue weighted by atomic mass is 19.1. The molecule has 1 aromatic heterocycles. The maximum absolute atomic E-state index is 13.6. The Bertz CT molecular complexity index is 567. The van der Waals surface area contributed by atoms with E-state index in [1.807, 2.05) is 0 Å². The highest BCUT2D eigenvalue weighted by Crippen LogP contribution is 2.19. The lowest BCUT2D eigenvalue weighted by molar-refractivity contribution is 0.00859. The largest absolute Gasteiger partial charge is 0.368 e. The molecule has 3 rings (SSSR count). The van der Waals surface area contributed by atoms with Crippen LogP contribution in [0.4, 0.5) is 4.39 Å². The van der Waals surface area contributed by atoms with Crippen molar-refractivity contribution in [2.75, 3.05) is 13.1 Å². The van der Waals surface area contributed by atoms with Crippen LogP contribution in [0, 0.1) is 5.82 Å². The van der Waals surface area contributed by atoms with Gasteiger partial charge in [-0.3, -0.25) is 0 Å². The molecule has 1 aliphatic heterocycles. The lowest BCUT2D eigenvalue weighted by Crippen LogP contribution is -2.32. The van der Waals surface area contributed by atoms with Gasteiger partial charge in [0.2, 0.25) is 5.82 Å². The van der Waals surface area contributed by atoms with Crippen molar-refractivity contribution in [1.29, 1.82) is 0 Å². The molecule has 0 aliphatic carbocycles. The van der Waals surface area contributed by atoms with E-state index in [0.29, 0.717) is 11.5 Å². The molecule has 0 amide bonds. The molecular formula is C14H16FN3O2. The molecule has 2 aromatic rings. The van der Waals surface area contributed by atoms with Crippen LogP contribution in [0.15, 0.2) is 28.8 Å². The fourth-order valence-corrected chi connectivity index (χ4v) is 2.22. The molecule has 6 heteroatoms. The summed E-state index contributed by atoms with van der Waals surface area (Å²) in [5.74, 6) is 0.271. The van der Waals surface area contributed by atoms with Crippen LogP contribution >= 0.6 is 0 Å². The summed E-state index contributed by atoms with van der Waals surface area (Å²) in [7, 11) is 0. The molecule has 1 saturated heterocycles. The maximum atomic E-state index is 13.6. The van der Waals surface area contributed by atoms with Crippen LogP contribution in [0.25, 0.3) is 11.4 Å². The van der Waals surface area contributed by atoms with Crippen molar-refractivity contribution in [3.63, 3.8) is 0 Å². The van der Waals surface area contributed by atoms with Gasteiger partial charge in [0.25, 0.3) is 5.89 Å². The number of benzene rings is 1. The van der Waals surface area contributed by atoms with Crippen LogP contribution < -0.4 is 5.32 Å². The quantitative estimate of drug-likeness (QED) is 0.927. The predicted octanol–water partition coefficient (Wildman–Crippen LogP) is 2.14. The average molecular weight is 277 g/mol. The minimum Gasteiger partial charge on any atom is -0.368 e. The molecular weight excluding hydrogens is 261 g/mol. The Kier molecular flexibility index (Phi) is 4.03. The fourth-order valence-electron chi connectivity index (χ4n) is 2.22. The second kappa shape index (κ2) is 6.11. The topological polar surface area (TPSA) is 60.2 Å². The number of rotatable bonds is 4. The number of ether oxygens (including phenoxy) is 1. The molecule has 1 N–H and O–H groups in total. The molecule has 0 saturated carbocycles. The van der Waals surface area contributed by atoms with Crippen molar-refractivity contribution in [3.8, 4) is 11.4 Å². The van der Waals surface area contributed by atoms with Crippen molar-refractivity contribution in [2.45, 2.75) is 25.6 Å². The summed E-state index contributed by atoms with van der Waals surface area (Å²) < 4.78 is 24.4. The van der Waals surface area contributed by atoms with Crippen molar-refractivity contribution < 1.29 is 13.7 Å². The second-order valence-electron chi connectivity index (χ2n) is 4.75. The van der Waals surface area contributed by atoms with Gasteiger partial charge in [0, 0.05) is 0 Å². The Balaban J connectivity index is 1.63. The minimum atomic E-state index is -0.362. The second-order valence-corrected chi connectivity index (χ2v) is 4.75. The van der Waals surface area contributed by atoms with E-state index in [1.54, 1.807) is 18.2 Å². The van der Waals surface area contributed by atoms with Crippen LogP contribution in [0.2, 0.25) is 0 Å². The predicted molar refractivity (Wildman–Crippen MR) is 70.4 cm³/mol. The Morgan fingerprint density at radius 3 is 2.90 bits per heavy atom. The highest BCUT2D eigenvalue weighted by Gasteiger charge is 2.16. The molecule has 2 heterocycles. The van der Waals surface area contributed by atoms with Crippen LogP contribution in [-0.4, -0.2) is 29.3 Å². The van der Waals surface area contributed by atoms with E-state index in [-0.39, 0.29) is 24.4 Å². The first-order valence-electron chi connectivity index (χ1n) is 6.73. The van der Waals surface area contributed by atoms with Gasteiger partial charge >= 0.3 is 0 Å². The van der Waals surface area contributed by atoms with Gasteiger partial charge in [-0.25, -0.2) is 4.39 Å². The summed E-state index contributed by atoms with van der Waals surface area (Å²) >= 11 is 0. The third-order valence-electron chi connectivity index (χ3n) is 3.31. The smallest absolute Gasteiger partial charge is 0.252 e. The fraction of sp³-hybridized carbons (Fsp3) is 0.429. The third kappa shape index (κ3) is 3.02. The SMILES string of the molecule is Fc1ccccc1-c1noc(COC2CCNCC2)n1. The van der Waals surface area contributed by atoms with Gasteiger partial charge in [-0.15, -0.1) is 0 Å². The molecule has 0 atom stereocenters. The number of piperidine rings is 1. The van der Waals surface area contributed by atoms with E-state index < -0.39 is 0 Å². The Hall–Kier alpha value is -1.79. The van der Waals surface area contributed by atoms with Crippen LogP contribution in [0.3, 0.4) is 0 Å². The number of nitrogens with zero attached hydrogens (tertiary/aromatic N) is 2. The molecule has 5 nitrogen and oxygen atoms in total. The van der Waals surface area contributed by atoms with Gasteiger partial charge < -0.3 is 14.6 Å². The zero-order valence-corrected chi connectivity index (χ0v) is 11.0. The summed E-state index contributed by atoms with van der Waals surface area (Å²) in [5.41, 5.74) is 0.337. The van der Waals surface area contributed by atoms with Gasteiger partial charge in [-0.1, -0.05) is 17.3 Å². The maximum Gasteiger partial charge on any atom is 0.252 e. The van der Waals surface area contributed by atoms with E-state index in [2.05, 4.69) is 15.5 Å². The molecule has 1 aliphatic rings. The van der Waals surface area contributed by atoms with Crippen LogP contribution in [0.5, 0.6) is 0 Å². The van der Waals surface area contributed by atoms with Crippen molar-refractivity contribution in [2.24, 2.45) is 0 Å². The molecule has 106 valence electrons. The molecule has 0 unspecified atom stereocenters. The van der Waals surface area contributed by atoms with Gasteiger partial charge in [-0.05, 0) is 38.1 Å². The van der Waals surface area contributed by atoms with E-state index in [4.69, 9.17) is 9.26 Å². The van der Waals surface area contributed by atoms with Crippen molar-refractivity contribution in [3.05, 3.63) is 36.0 Å². The lowest BCUT2D eigenvalue weighted by atomic mass is 10.1. The number of hydrogen-bond acceptors (Lipinski definition) is 5. The standard InChI is InChI=1S/C14H16FN3O2/c15-12-4-2-1-3-11(12)14-17-13(20-18-14)9-19-10-5-7-16-8-6-10/h1-4,10,16H,5-9H2. The first-order valence-corrected chi connectivity index (χ1v) is 6.73. The van der Waals surface area contributed by atoms with Crippen molar-refractivity contribution in [1.82, 2.24) is 15.5 Å². The highest BCUT2D eigenvalue weighted by molar-refractivity contribution is 5.54. The van der Waals surface area contributed by atoms with Crippen LogP contribution in [-0.2, 0) is 11.3 Å². The molecule has 0 radical (unpaired) electrons. The lowest BCUT2D eigenvalue weighted by Gasteiger charge is -2.21. The van der Waals surface area contributed by atoms with E-state index >= 15 is 0 Å². The number of hydrogen-bond donors (Lipinski definition) is 1.